The third-order valence-electron chi connectivity index (χ3n) is 19.8. The highest BCUT2D eigenvalue weighted by Crippen LogP contribution is 2.45. The van der Waals surface area contributed by atoms with Gasteiger partial charge in [0.25, 0.3) is 0 Å². The van der Waals surface area contributed by atoms with Crippen LogP contribution in [0.25, 0.3) is 0 Å². The highest BCUT2D eigenvalue weighted by Gasteiger charge is 2.30. The molecule has 0 aromatic carbocycles. The van der Waals surface area contributed by atoms with Crippen LogP contribution < -0.4 is 0 Å². The van der Waals surface area contributed by atoms with Gasteiger partial charge in [-0.3, -0.25) is 37.3 Å². The molecule has 19 heteroatoms. The van der Waals surface area contributed by atoms with Gasteiger partial charge in [-0.2, -0.15) is 0 Å². The van der Waals surface area contributed by atoms with E-state index in [0.29, 0.717) is 25.7 Å². The fourth-order valence-corrected chi connectivity index (χ4v) is 14.7. The van der Waals surface area contributed by atoms with Gasteiger partial charge in [-0.1, -0.05) is 401 Å². The molecule has 0 aromatic rings. The van der Waals surface area contributed by atoms with Crippen LogP contribution in [0, 0.1) is 5.92 Å². The third kappa shape index (κ3) is 78.0. The number of rotatable bonds is 84. The first-order chi connectivity index (χ1) is 50.0. The minimum Gasteiger partial charge on any atom is -0.462 e. The Morgan fingerprint density at radius 1 is 0.262 bits per heavy atom. The Morgan fingerprint density at radius 3 is 0.660 bits per heavy atom. The van der Waals surface area contributed by atoms with Crippen molar-refractivity contribution >= 4 is 39.5 Å². The molecule has 0 rings (SSSR count). The lowest BCUT2D eigenvalue weighted by Crippen LogP contribution is -2.30. The lowest BCUT2D eigenvalue weighted by Gasteiger charge is -2.21. The Hall–Kier alpha value is -1.94. The van der Waals surface area contributed by atoms with Crippen molar-refractivity contribution in [1.29, 1.82) is 0 Å². The number of phosphoric ester groups is 2. The number of aliphatic hydroxyl groups is 1. The average Bonchev–Trinajstić information content (AvgIpc) is 0.911. The maximum absolute atomic E-state index is 13.1. The molecule has 5 atom stereocenters. The van der Waals surface area contributed by atoms with E-state index in [2.05, 4.69) is 34.6 Å². The molecule has 0 saturated carbocycles. The van der Waals surface area contributed by atoms with Gasteiger partial charge >= 0.3 is 39.5 Å². The summed E-state index contributed by atoms with van der Waals surface area (Å²) in [7, 11) is -9.92. The third-order valence-corrected chi connectivity index (χ3v) is 21.7. The predicted octanol–water partition coefficient (Wildman–Crippen LogP) is 25.6. The molecule has 0 aromatic heterocycles. The Balaban J connectivity index is 5.16. The number of hydrogen-bond donors (Lipinski definition) is 3. The van der Waals surface area contributed by atoms with Crippen molar-refractivity contribution in [3.05, 3.63) is 0 Å². The number of phosphoric acid groups is 2. The van der Waals surface area contributed by atoms with Crippen LogP contribution in [-0.4, -0.2) is 96.7 Å². The number of unbranched alkanes of at least 4 members (excludes halogenated alkanes) is 56. The van der Waals surface area contributed by atoms with Crippen LogP contribution in [0.3, 0.4) is 0 Å². The summed E-state index contributed by atoms with van der Waals surface area (Å²) in [6.45, 7) is 7.34. The lowest BCUT2D eigenvalue weighted by atomic mass is 10.0. The molecule has 0 amide bonds. The summed E-state index contributed by atoms with van der Waals surface area (Å²) in [5, 5.41) is 10.6. The summed E-state index contributed by atoms with van der Waals surface area (Å²) in [6, 6.07) is 0. The van der Waals surface area contributed by atoms with Gasteiger partial charge in [-0.25, -0.2) is 9.13 Å². The van der Waals surface area contributed by atoms with E-state index in [9.17, 15) is 43.2 Å². The monoisotopic (exact) mass is 1510 g/mol. The Kier molecular flexibility index (Phi) is 75.4. The minimum atomic E-state index is -4.96. The van der Waals surface area contributed by atoms with Gasteiger partial charge in [0, 0.05) is 25.7 Å². The zero-order chi connectivity index (χ0) is 75.5. The van der Waals surface area contributed by atoms with Crippen LogP contribution in [0.15, 0.2) is 0 Å². The molecule has 0 fully saturated rings. The number of esters is 4. The quantitative estimate of drug-likeness (QED) is 0.0222. The average molecular weight is 1510 g/mol. The predicted molar refractivity (Wildman–Crippen MR) is 423 cm³/mol. The molecule has 2 unspecified atom stereocenters. The molecular weight excluding hydrogens is 1340 g/mol. The first-order valence-electron chi connectivity index (χ1n) is 43.6. The molecule has 17 nitrogen and oxygen atoms in total. The topological polar surface area (TPSA) is 237 Å². The molecule has 0 aliphatic rings. The molecule has 103 heavy (non-hydrogen) atoms. The fraction of sp³-hybridized carbons (Fsp3) is 0.952. The molecule has 612 valence electrons. The Labute approximate surface area is 632 Å². The van der Waals surface area contributed by atoms with Crippen molar-refractivity contribution in [2.75, 3.05) is 39.6 Å². The van der Waals surface area contributed by atoms with E-state index >= 15 is 0 Å². The molecule has 0 radical (unpaired) electrons. The van der Waals surface area contributed by atoms with E-state index in [1.54, 1.807) is 0 Å². The number of carbonyl (C=O) groups is 4. The highest BCUT2D eigenvalue weighted by atomic mass is 31.2. The summed E-state index contributed by atoms with van der Waals surface area (Å²) in [5.74, 6) is -1.29. The first-order valence-corrected chi connectivity index (χ1v) is 46.6. The maximum Gasteiger partial charge on any atom is 0.472 e. The summed E-state index contributed by atoms with van der Waals surface area (Å²) in [5.41, 5.74) is 0. The van der Waals surface area contributed by atoms with E-state index in [1.165, 1.54) is 263 Å². The van der Waals surface area contributed by atoms with Gasteiger partial charge in [0.1, 0.15) is 19.3 Å². The van der Waals surface area contributed by atoms with Gasteiger partial charge in [0.15, 0.2) is 12.2 Å². The van der Waals surface area contributed by atoms with Gasteiger partial charge < -0.3 is 33.8 Å². The molecule has 0 bridgehead atoms. The van der Waals surface area contributed by atoms with Gasteiger partial charge in [-0.05, 0) is 31.6 Å². The van der Waals surface area contributed by atoms with Crippen LogP contribution in [0.2, 0.25) is 0 Å². The number of hydrogen-bond acceptors (Lipinski definition) is 15. The van der Waals surface area contributed by atoms with E-state index in [4.69, 9.17) is 37.0 Å². The SMILES string of the molecule is CCCCCCCCCCCCCCCCCCCCCCC(=O)OC[C@H](COP(=O)(O)OC[C@@H](O)COP(=O)(O)OC[C@@H](COC(=O)CCCCCCCCC)OC(=O)CCCCCCCCCCCCCCCCC)OC(=O)CCCCCCCCCCCCCCCCCCCCC(C)C. The second-order valence-electron chi connectivity index (χ2n) is 30.7. The standard InChI is InChI=1S/C84H164O17P2/c1-6-9-12-15-18-20-22-24-26-27-28-29-33-37-40-44-48-53-58-63-68-82(87)95-74-80(101-84(89)70-65-60-55-50-46-42-38-34-31-30-32-36-39-43-47-52-56-61-66-77(4)5)76-99-103(92,93)97-72-78(85)71-96-102(90,91)98-75-79(73-94-81(86)67-62-57-51-17-14-11-8-3)100-83(88)69-64-59-54-49-45-41-35-25-23-21-19-16-13-10-7-2/h77-80,85H,6-76H2,1-5H3,(H,90,91)(H,92,93)/t78-,79+,80+/m0/s1. The van der Waals surface area contributed by atoms with Gasteiger partial charge in [0.2, 0.25) is 0 Å². The van der Waals surface area contributed by atoms with Crippen molar-refractivity contribution in [2.24, 2.45) is 5.92 Å². The van der Waals surface area contributed by atoms with Crippen LogP contribution in [0.5, 0.6) is 0 Å². The molecule has 3 N–H and O–H groups in total. The van der Waals surface area contributed by atoms with Gasteiger partial charge in [0.05, 0.1) is 26.4 Å². The zero-order valence-electron chi connectivity index (χ0n) is 67.5. The number of ether oxygens (including phenoxy) is 4. The first kappa shape index (κ1) is 101. The molecule has 0 aliphatic heterocycles. The van der Waals surface area contributed by atoms with Crippen molar-refractivity contribution in [3.8, 4) is 0 Å². The van der Waals surface area contributed by atoms with Crippen molar-refractivity contribution in [3.63, 3.8) is 0 Å². The second kappa shape index (κ2) is 76.8. The molecule has 0 saturated heterocycles. The summed E-state index contributed by atoms with van der Waals surface area (Å²) >= 11 is 0. The van der Waals surface area contributed by atoms with Crippen LogP contribution in [-0.2, 0) is 65.4 Å². The van der Waals surface area contributed by atoms with Crippen LogP contribution in [0.1, 0.15) is 452 Å². The van der Waals surface area contributed by atoms with E-state index in [-0.39, 0.29) is 25.7 Å². The van der Waals surface area contributed by atoms with Crippen LogP contribution >= 0.6 is 15.6 Å². The van der Waals surface area contributed by atoms with Crippen molar-refractivity contribution < 1.29 is 80.2 Å². The maximum atomic E-state index is 13.1. The molecule has 0 heterocycles. The summed E-state index contributed by atoms with van der Waals surface area (Å²) < 4.78 is 68.7. The number of carbonyl (C=O) groups excluding carboxylic acids is 4. The molecular formula is C84H164O17P2. The van der Waals surface area contributed by atoms with Gasteiger partial charge in [-0.15, -0.1) is 0 Å². The number of aliphatic hydroxyl groups excluding tert-OH is 1. The van der Waals surface area contributed by atoms with E-state index < -0.39 is 97.5 Å². The van der Waals surface area contributed by atoms with Crippen LogP contribution in [0.4, 0.5) is 0 Å². The fourth-order valence-electron chi connectivity index (χ4n) is 13.1. The van der Waals surface area contributed by atoms with E-state index in [1.807, 2.05) is 0 Å². The second-order valence-corrected chi connectivity index (χ2v) is 33.6. The largest absolute Gasteiger partial charge is 0.472 e. The lowest BCUT2D eigenvalue weighted by molar-refractivity contribution is -0.161. The van der Waals surface area contributed by atoms with Crippen molar-refractivity contribution in [2.45, 2.75) is 470 Å². The Morgan fingerprint density at radius 2 is 0.447 bits per heavy atom. The molecule has 0 spiro atoms. The van der Waals surface area contributed by atoms with E-state index in [0.717, 1.165) is 109 Å². The normalized spacial score (nSPS) is 13.8. The summed E-state index contributed by atoms with van der Waals surface area (Å²) in [6.07, 6.45) is 69.7. The highest BCUT2D eigenvalue weighted by molar-refractivity contribution is 7.47. The summed E-state index contributed by atoms with van der Waals surface area (Å²) in [4.78, 5) is 73.0. The molecule has 0 aliphatic carbocycles. The Bertz CT molecular complexity index is 1960. The minimum absolute atomic E-state index is 0.108. The smallest absolute Gasteiger partial charge is 0.462 e. The zero-order valence-corrected chi connectivity index (χ0v) is 69.3. The van der Waals surface area contributed by atoms with Crippen molar-refractivity contribution in [1.82, 2.24) is 0 Å².